The number of anilines is 2. The highest BCUT2D eigenvalue weighted by atomic mass is 32.2. The fourth-order valence-corrected chi connectivity index (χ4v) is 2.43. The van der Waals surface area contributed by atoms with Crippen LogP contribution >= 0.6 is 0 Å². The Balaban J connectivity index is 2.93. The van der Waals surface area contributed by atoms with Crippen LogP contribution < -0.4 is 20.1 Å². The molecule has 0 saturated carbocycles. The number of hydrogen-bond acceptors (Lipinski definition) is 5. The number of carbonyl (C=O) groups excluding carboxylic acids is 1. The molecule has 130 valence electrons. The van der Waals surface area contributed by atoms with Crippen molar-refractivity contribution in [2.24, 2.45) is 0 Å². The van der Waals surface area contributed by atoms with Crippen LogP contribution in [0, 0.1) is 0 Å². The Morgan fingerprint density at radius 1 is 1.26 bits per heavy atom. The number of methoxy groups -OCH3 is 1. The third-order valence-corrected chi connectivity index (χ3v) is 3.36. The quantitative estimate of drug-likeness (QED) is 0.732. The van der Waals surface area contributed by atoms with Crippen LogP contribution in [0.1, 0.15) is 27.7 Å². The molecule has 3 N–H and O–H groups in total. The first kappa shape index (κ1) is 19.1. The smallest absolute Gasteiger partial charge is 0.242 e. The average molecular weight is 343 g/mol. The molecule has 0 aromatic heterocycles. The molecule has 1 rings (SSSR count). The Morgan fingerprint density at radius 2 is 1.87 bits per heavy atom. The second-order valence-corrected chi connectivity index (χ2v) is 8.14. The monoisotopic (exact) mass is 343 g/mol. The number of hydrogen-bond donors (Lipinski definition) is 3. The summed E-state index contributed by atoms with van der Waals surface area (Å²) in [5, 5.41) is 5.92. The van der Waals surface area contributed by atoms with Gasteiger partial charge in [0.2, 0.25) is 15.9 Å². The Labute approximate surface area is 137 Å². The highest BCUT2D eigenvalue weighted by molar-refractivity contribution is 7.92. The molecule has 0 saturated heterocycles. The zero-order valence-electron chi connectivity index (χ0n) is 14.4. The highest BCUT2D eigenvalue weighted by Gasteiger charge is 2.19. The van der Waals surface area contributed by atoms with E-state index in [0.29, 0.717) is 17.1 Å². The van der Waals surface area contributed by atoms with Gasteiger partial charge in [-0.1, -0.05) is 0 Å². The van der Waals surface area contributed by atoms with Crippen molar-refractivity contribution in [1.29, 1.82) is 0 Å². The molecule has 1 aromatic rings. The Hall–Kier alpha value is -1.96. The number of rotatable bonds is 6. The lowest BCUT2D eigenvalue weighted by atomic mass is 10.1. The number of benzene rings is 1. The van der Waals surface area contributed by atoms with Crippen molar-refractivity contribution < 1.29 is 17.9 Å². The Morgan fingerprint density at radius 3 is 2.35 bits per heavy atom. The van der Waals surface area contributed by atoms with E-state index in [1.54, 1.807) is 25.1 Å². The summed E-state index contributed by atoms with van der Waals surface area (Å²) in [5.41, 5.74) is 0.590. The molecule has 0 spiro atoms. The van der Waals surface area contributed by atoms with Gasteiger partial charge in [-0.25, -0.2) is 8.42 Å². The third kappa shape index (κ3) is 6.77. The van der Waals surface area contributed by atoms with Crippen molar-refractivity contribution in [2.75, 3.05) is 23.4 Å². The second-order valence-electron chi connectivity index (χ2n) is 6.39. The first-order chi connectivity index (χ1) is 10.4. The van der Waals surface area contributed by atoms with Gasteiger partial charge in [-0.3, -0.25) is 9.52 Å². The van der Waals surface area contributed by atoms with Crippen LogP contribution in [0.4, 0.5) is 11.4 Å². The van der Waals surface area contributed by atoms with Gasteiger partial charge in [0.15, 0.2) is 0 Å². The van der Waals surface area contributed by atoms with E-state index in [9.17, 15) is 13.2 Å². The van der Waals surface area contributed by atoms with Gasteiger partial charge < -0.3 is 15.4 Å². The molecule has 1 aromatic carbocycles. The lowest BCUT2D eigenvalue weighted by molar-refractivity contribution is -0.122. The maximum absolute atomic E-state index is 12.1. The van der Waals surface area contributed by atoms with Crippen molar-refractivity contribution in [3.05, 3.63) is 18.2 Å². The molecule has 7 nitrogen and oxygen atoms in total. The fraction of sp³-hybridized carbons (Fsp3) is 0.533. The highest BCUT2D eigenvalue weighted by Crippen LogP contribution is 2.28. The first-order valence-electron chi connectivity index (χ1n) is 7.15. The molecule has 0 aliphatic carbocycles. The Kier molecular flexibility index (Phi) is 5.87. The van der Waals surface area contributed by atoms with Gasteiger partial charge in [0.05, 0.1) is 19.1 Å². The van der Waals surface area contributed by atoms with E-state index >= 15 is 0 Å². The average Bonchev–Trinajstić information content (AvgIpc) is 2.35. The lowest BCUT2D eigenvalue weighted by Gasteiger charge is -2.24. The fourth-order valence-electron chi connectivity index (χ4n) is 1.87. The van der Waals surface area contributed by atoms with Gasteiger partial charge >= 0.3 is 0 Å². The van der Waals surface area contributed by atoms with Gasteiger partial charge in [0, 0.05) is 11.2 Å². The number of sulfonamides is 1. The van der Waals surface area contributed by atoms with Gasteiger partial charge in [-0.05, 0) is 45.9 Å². The summed E-state index contributed by atoms with van der Waals surface area (Å²) in [6.07, 6.45) is 1.06. The van der Waals surface area contributed by atoms with Crippen molar-refractivity contribution in [3.8, 4) is 5.75 Å². The zero-order chi connectivity index (χ0) is 17.8. The molecular weight excluding hydrogens is 318 g/mol. The van der Waals surface area contributed by atoms with E-state index in [0.717, 1.165) is 6.26 Å². The standard InChI is InChI=1S/C15H25N3O4S/c1-10(14(19)17-15(2,3)4)16-11-7-8-13(22-5)12(9-11)18-23(6,20)21/h7-10,16,18H,1-6H3,(H,17,19). The number of nitrogens with one attached hydrogen (secondary N) is 3. The van der Waals surface area contributed by atoms with Crippen LogP contribution in [-0.2, 0) is 14.8 Å². The summed E-state index contributed by atoms with van der Waals surface area (Å²) >= 11 is 0. The van der Waals surface area contributed by atoms with Gasteiger partial charge in [0.1, 0.15) is 11.8 Å². The van der Waals surface area contributed by atoms with Crippen molar-refractivity contribution in [2.45, 2.75) is 39.3 Å². The minimum absolute atomic E-state index is 0.147. The second kappa shape index (κ2) is 7.08. The normalized spacial score (nSPS) is 13.1. The molecule has 0 fully saturated rings. The summed E-state index contributed by atoms with van der Waals surface area (Å²) in [5.74, 6) is 0.249. The van der Waals surface area contributed by atoms with Crippen LogP contribution in [0.25, 0.3) is 0 Å². The van der Waals surface area contributed by atoms with Crippen molar-refractivity contribution in [1.82, 2.24) is 5.32 Å². The van der Waals surface area contributed by atoms with Crippen LogP contribution in [-0.4, -0.2) is 39.3 Å². The minimum atomic E-state index is -3.43. The van der Waals surface area contributed by atoms with Gasteiger partial charge in [0.25, 0.3) is 0 Å². The molecule has 0 radical (unpaired) electrons. The summed E-state index contributed by atoms with van der Waals surface area (Å²) < 4.78 is 30.4. The van der Waals surface area contributed by atoms with Crippen LogP contribution in [0.2, 0.25) is 0 Å². The molecule has 1 atom stereocenters. The van der Waals surface area contributed by atoms with Crippen LogP contribution in [0.3, 0.4) is 0 Å². The largest absolute Gasteiger partial charge is 0.495 e. The summed E-state index contributed by atoms with van der Waals surface area (Å²) in [6.45, 7) is 7.44. The molecule has 1 amide bonds. The number of ether oxygens (including phenoxy) is 1. The van der Waals surface area contributed by atoms with Gasteiger partial charge in [-0.2, -0.15) is 0 Å². The van der Waals surface area contributed by atoms with Crippen LogP contribution in [0.5, 0.6) is 5.75 Å². The van der Waals surface area contributed by atoms with Gasteiger partial charge in [-0.15, -0.1) is 0 Å². The molecule has 0 bridgehead atoms. The van der Waals surface area contributed by atoms with Crippen LogP contribution in [0.15, 0.2) is 18.2 Å². The van der Waals surface area contributed by atoms with Crippen molar-refractivity contribution in [3.63, 3.8) is 0 Å². The third-order valence-electron chi connectivity index (χ3n) is 2.77. The molecule has 8 heteroatoms. The zero-order valence-corrected chi connectivity index (χ0v) is 15.2. The summed E-state index contributed by atoms with van der Waals surface area (Å²) in [7, 11) is -1.98. The topological polar surface area (TPSA) is 96.5 Å². The summed E-state index contributed by atoms with van der Waals surface area (Å²) in [6, 6.07) is 4.45. The first-order valence-corrected chi connectivity index (χ1v) is 9.05. The molecule has 0 heterocycles. The SMILES string of the molecule is COc1ccc(NC(C)C(=O)NC(C)(C)C)cc1NS(C)(=O)=O. The van der Waals surface area contributed by atoms with E-state index in [1.165, 1.54) is 7.11 Å². The molecule has 23 heavy (non-hydrogen) atoms. The molecule has 0 aliphatic rings. The van der Waals surface area contributed by atoms with E-state index in [2.05, 4.69) is 15.4 Å². The van der Waals surface area contributed by atoms with E-state index < -0.39 is 16.1 Å². The Bertz CT molecular complexity index is 666. The molecular formula is C15H25N3O4S. The summed E-state index contributed by atoms with van der Waals surface area (Å²) in [4.78, 5) is 12.1. The molecule has 0 aliphatic heterocycles. The predicted molar refractivity (Wildman–Crippen MR) is 92.4 cm³/mol. The predicted octanol–water partition coefficient (Wildman–Crippen LogP) is 1.78. The lowest BCUT2D eigenvalue weighted by Crippen LogP contribution is -2.47. The van der Waals surface area contributed by atoms with Crippen molar-refractivity contribution >= 4 is 27.3 Å². The number of carbonyl (C=O) groups is 1. The van der Waals surface area contributed by atoms with E-state index in [1.807, 2.05) is 20.8 Å². The van der Waals surface area contributed by atoms with E-state index in [4.69, 9.17) is 4.74 Å². The molecule has 1 unspecified atom stereocenters. The minimum Gasteiger partial charge on any atom is -0.495 e. The number of amides is 1. The maximum atomic E-state index is 12.1. The van der Waals surface area contributed by atoms with E-state index in [-0.39, 0.29) is 11.4 Å². The maximum Gasteiger partial charge on any atom is 0.242 e.